The second-order valence-corrected chi connectivity index (χ2v) is 12.7. The van der Waals surface area contributed by atoms with Crippen LogP contribution < -0.4 is 0 Å². The highest BCUT2D eigenvalue weighted by atomic mass is 32.2. The van der Waals surface area contributed by atoms with Gasteiger partial charge in [0.2, 0.25) is 10.0 Å². The number of hydrogen-bond donors (Lipinski definition) is 0. The highest BCUT2D eigenvalue weighted by molar-refractivity contribution is 8.02. The average molecular weight is 567 g/mol. The maximum absolute atomic E-state index is 13.6. The van der Waals surface area contributed by atoms with E-state index in [0.29, 0.717) is 25.3 Å². The number of benzene rings is 3. The normalized spacial score (nSPS) is 16.7. The molecule has 1 saturated heterocycles. The summed E-state index contributed by atoms with van der Waals surface area (Å²) in [6.45, 7) is 1.05. The zero-order valence-electron chi connectivity index (χ0n) is 22.2. The van der Waals surface area contributed by atoms with E-state index in [9.17, 15) is 18.0 Å². The fourth-order valence-electron chi connectivity index (χ4n) is 4.74. The number of methoxy groups -OCH3 is 1. The first kappa shape index (κ1) is 29.0. The van der Waals surface area contributed by atoms with E-state index in [1.807, 2.05) is 72.6 Å². The number of esters is 1. The van der Waals surface area contributed by atoms with Gasteiger partial charge in [-0.3, -0.25) is 14.5 Å². The van der Waals surface area contributed by atoms with Crippen LogP contribution in [0.25, 0.3) is 11.1 Å². The first-order valence-electron chi connectivity index (χ1n) is 12.9. The number of carbonyl (C=O) groups is 2. The average Bonchev–Trinajstić information content (AvgIpc) is 3.47. The van der Waals surface area contributed by atoms with E-state index < -0.39 is 15.4 Å². The fraction of sp³-hybridized carbons (Fsp3) is 0.333. The third kappa shape index (κ3) is 7.36. The van der Waals surface area contributed by atoms with E-state index in [0.717, 1.165) is 16.7 Å². The molecule has 2 atom stereocenters. The summed E-state index contributed by atoms with van der Waals surface area (Å²) in [4.78, 5) is 27.3. The topological polar surface area (TPSA) is 84.0 Å². The van der Waals surface area contributed by atoms with Crippen molar-refractivity contribution in [3.8, 4) is 11.1 Å². The lowest BCUT2D eigenvalue weighted by Crippen LogP contribution is -2.40. The first-order chi connectivity index (χ1) is 18.8. The van der Waals surface area contributed by atoms with Gasteiger partial charge in [-0.1, -0.05) is 72.8 Å². The molecule has 4 rings (SSSR count). The molecule has 7 nitrogen and oxygen atoms in total. The quantitative estimate of drug-likeness (QED) is 0.295. The summed E-state index contributed by atoms with van der Waals surface area (Å²) in [6.07, 6.45) is 0.862. The van der Waals surface area contributed by atoms with E-state index in [2.05, 4.69) is 0 Å². The van der Waals surface area contributed by atoms with E-state index in [4.69, 9.17) is 4.74 Å². The second-order valence-electron chi connectivity index (χ2n) is 9.61. The van der Waals surface area contributed by atoms with Crippen molar-refractivity contribution in [3.05, 3.63) is 90.5 Å². The molecule has 0 unspecified atom stereocenters. The Hall–Kier alpha value is -2.98. The Labute approximate surface area is 235 Å². The summed E-state index contributed by atoms with van der Waals surface area (Å²) in [5.41, 5.74) is 2.96. The number of thioether (sulfide) groups is 1. The molecule has 0 N–H and O–H groups in total. The molecule has 0 saturated carbocycles. The summed E-state index contributed by atoms with van der Waals surface area (Å²) in [7, 11) is -0.645. The molecule has 1 aliphatic heterocycles. The number of sulfonamides is 1. The Kier molecular flexibility index (Phi) is 9.96. The highest BCUT2D eigenvalue weighted by Crippen LogP contribution is 2.34. The molecule has 9 heteroatoms. The van der Waals surface area contributed by atoms with Crippen LogP contribution in [-0.2, 0) is 24.3 Å². The number of nitrogens with zero attached hydrogens (tertiary/aromatic N) is 2. The van der Waals surface area contributed by atoms with Gasteiger partial charge < -0.3 is 4.74 Å². The summed E-state index contributed by atoms with van der Waals surface area (Å²) < 4.78 is 33.3. The molecule has 3 aromatic carbocycles. The van der Waals surface area contributed by atoms with Gasteiger partial charge in [0.15, 0.2) is 5.78 Å². The molecule has 1 heterocycles. The molecule has 0 bridgehead atoms. The predicted molar refractivity (Wildman–Crippen MR) is 155 cm³/mol. The molecule has 0 spiro atoms. The zero-order chi connectivity index (χ0) is 27.8. The smallest absolute Gasteiger partial charge is 0.319 e. The number of ether oxygens (including phenoxy) is 1. The first-order valence-corrected chi connectivity index (χ1v) is 15.4. The van der Waals surface area contributed by atoms with E-state index in [1.54, 1.807) is 24.3 Å². The van der Waals surface area contributed by atoms with Gasteiger partial charge >= 0.3 is 5.97 Å². The molecule has 0 aromatic heterocycles. The van der Waals surface area contributed by atoms with Crippen molar-refractivity contribution in [2.45, 2.75) is 29.0 Å². The maximum atomic E-state index is 13.6. The Morgan fingerprint density at radius 2 is 1.59 bits per heavy atom. The van der Waals surface area contributed by atoms with Crippen molar-refractivity contribution in [2.75, 3.05) is 39.5 Å². The zero-order valence-corrected chi connectivity index (χ0v) is 23.9. The minimum absolute atomic E-state index is 0.102. The number of Topliss-reactive ketones (excluding diaryl/α,β-unsaturated/α-hetero) is 1. The van der Waals surface area contributed by atoms with E-state index in [1.165, 1.54) is 23.2 Å². The summed E-state index contributed by atoms with van der Waals surface area (Å²) in [5.74, 6) is 0.0429. The van der Waals surface area contributed by atoms with Gasteiger partial charge in [-0.25, -0.2) is 8.42 Å². The molecule has 0 amide bonds. The predicted octanol–water partition coefficient (Wildman–Crippen LogP) is 4.66. The van der Waals surface area contributed by atoms with E-state index >= 15 is 0 Å². The molecular weight excluding hydrogens is 532 g/mol. The van der Waals surface area contributed by atoms with Crippen molar-refractivity contribution >= 4 is 33.5 Å². The van der Waals surface area contributed by atoms with Crippen molar-refractivity contribution in [2.24, 2.45) is 0 Å². The third-order valence-corrected chi connectivity index (χ3v) is 10.2. The Balaban J connectivity index is 1.48. The van der Waals surface area contributed by atoms with Crippen LogP contribution in [0.2, 0.25) is 0 Å². The van der Waals surface area contributed by atoms with Gasteiger partial charge in [0.05, 0.1) is 18.6 Å². The van der Waals surface area contributed by atoms with Crippen LogP contribution in [0.4, 0.5) is 0 Å². The third-order valence-electron chi connectivity index (χ3n) is 6.90. The van der Waals surface area contributed by atoms with Crippen molar-refractivity contribution < 1.29 is 22.7 Å². The lowest BCUT2D eigenvalue weighted by molar-refractivity contribution is -0.141. The molecule has 1 aliphatic rings. The molecule has 206 valence electrons. The summed E-state index contributed by atoms with van der Waals surface area (Å²) in [6, 6.07) is 26.4. The van der Waals surface area contributed by atoms with Gasteiger partial charge in [0, 0.05) is 18.7 Å². The number of hydrogen-bond acceptors (Lipinski definition) is 7. The van der Waals surface area contributed by atoms with Crippen LogP contribution in [0.1, 0.15) is 24.3 Å². The van der Waals surface area contributed by atoms with Crippen LogP contribution in [0.5, 0.6) is 0 Å². The number of carbonyl (C=O) groups excluding carboxylic acids is 2. The van der Waals surface area contributed by atoms with Gasteiger partial charge in [0.25, 0.3) is 0 Å². The van der Waals surface area contributed by atoms with Gasteiger partial charge in [0.1, 0.15) is 5.37 Å². The Morgan fingerprint density at radius 3 is 2.23 bits per heavy atom. The Morgan fingerprint density at radius 1 is 0.974 bits per heavy atom. The monoisotopic (exact) mass is 566 g/mol. The molecule has 0 aliphatic carbocycles. The van der Waals surface area contributed by atoms with E-state index in [-0.39, 0.29) is 35.5 Å². The molecule has 39 heavy (non-hydrogen) atoms. The van der Waals surface area contributed by atoms with Crippen LogP contribution in [0.3, 0.4) is 0 Å². The number of ketones is 1. The second kappa shape index (κ2) is 13.4. The minimum atomic E-state index is -3.84. The molecule has 0 radical (unpaired) electrons. The Bertz CT molecular complexity index is 1350. The fourth-order valence-corrected chi connectivity index (χ4v) is 7.90. The lowest BCUT2D eigenvalue weighted by atomic mass is 9.90. The lowest BCUT2D eigenvalue weighted by Gasteiger charge is -2.25. The SMILES string of the molecule is COC(=O)CN(C)CC[C@H](CC(=O)[C@@H]1SCCN1S(=O)(=O)c1ccc(-c2ccccc2)cc1)c1ccccc1. The van der Waals surface area contributed by atoms with Crippen LogP contribution >= 0.6 is 11.8 Å². The maximum Gasteiger partial charge on any atom is 0.319 e. The molecule has 3 aromatic rings. The number of rotatable bonds is 12. The summed E-state index contributed by atoms with van der Waals surface area (Å²) >= 11 is 1.38. The van der Waals surface area contributed by atoms with Gasteiger partial charge in [-0.15, -0.1) is 11.8 Å². The van der Waals surface area contributed by atoms with Crippen LogP contribution in [-0.4, -0.2) is 74.3 Å². The standard InChI is InChI=1S/C30H34N2O5S2/c1-31(22-29(34)37-2)18-17-26(24-11-7-4-8-12-24)21-28(33)30-32(19-20-38-30)39(35,36)27-15-13-25(14-16-27)23-9-5-3-6-10-23/h3-16,26,30H,17-22H2,1-2H3/t26-,30+/m1/s1. The van der Waals surface area contributed by atoms with Gasteiger partial charge in [-0.2, -0.15) is 4.31 Å². The minimum Gasteiger partial charge on any atom is -0.468 e. The summed E-state index contributed by atoms with van der Waals surface area (Å²) in [5, 5.41) is -0.761. The number of likely N-dealkylation sites (N-methyl/N-ethyl adjacent to an activating group) is 1. The van der Waals surface area contributed by atoms with Crippen molar-refractivity contribution in [1.82, 2.24) is 9.21 Å². The molecule has 1 fully saturated rings. The highest BCUT2D eigenvalue weighted by Gasteiger charge is 2.40. The van der Waals surface area contributed by atoms with Crippen molar-refractivity contribution in [1.29, 1.82) is 0 Å². The van der Waals surface area contributed by atoms with Gasteiger partial charge in [-0.05, 0) is 54.8 Å². The van der Waals surface area contributed by atoms with Crippen LogP contribution in [0.15, 0.2) is 89.8 Å². The molecular formula is C30H34N2O5S2. The van der Waals surface area contributed by atoms with Crippen molar-refractivity contribution in [3.63, 3.8) is 0 Å². The largest absolute Gasteiger partial charge is 0.468 e. The van der Waals surface area contributed by atoms with Crippen LogP contribution in [0, 0.1) is 0 Å².